The van der Waals surface area contributed by atoms with Crippen LogP contribution in [0.2, 0.25) is 0 Å². The lowest BCUT2D eigenvalue weighted by molar-refractivity contribution is -0.384. The number of aliphatic hydroxyl groups is 1. The number of carbonyl (C=O) groups is 2. The summed E-state index contributed by atoms with van der Waals surface area (Å²) in [5.41, 5.74) is 0.223. The number of nitro benzene ring substituents is 1. The number of nitrogens with one attached hydrogen (secondary N) is 1. The lowest BCUT2D eigenvalue weighted by Gasteiger charge is -2.28. The number of piperidine rings is 1. The Kier molecular flexibility index (Phi) is 4.49. The lowest BCUT2D eigenvalue weighted by atomic mass is 10.1. The molecule has 2 amide bonds. The summed E-state index contributed by atoms with van der Waals surface area (Å²) in [6, 6.07) is 5.22. The Morgan fingerprint density at radius 3 is 2.33 bits per heavy atom. The van der Waals surface area contributed by atoms with Crippen LogP contribution in [0.3, 0.4) is 0 Å². The van der Waals surface area contributed by atoms with Crippen molar-refractivity contribution in [2.75, 3.05) is 18.4 Å². The molecule has 2 rings (SSSR count). The van der Waals surface area contributed by atoms with Gasteiger partial charge >= 0.3 is 11.8 Å². The molecule has 1 aliphatic heterocycles. The molecule has 0 aromatic heterocycles. The van der Waals surface area contributed by atoms with E-state index in [2.05, 4.69) is 5.32 Å². The van der Waals surface area contributed by atoms with Crippen molar-refractivity contribution in [3.8, 4) is 0 Å². The van der Waals surface area contributed by atoms with Crippen LogP contribution in [0.5, 0.6) is 0 Å². The van der Waals surface area contributed by atoms with Crippen LogP contribution in [0.1, 0.15) is 12.8 Å². The van der Waals surface area contributed by atoms with E-state index < -0.39 is 22.8 Å². The fourth-order valence-electron chi connectivity index (χ4n) is 2.06. The number of carbonyl (C=O) groups excluding carboxylic acids is 2. The molecule has 0 radical (unpaired) electrons. The number of amides is 2. The van der Waals surface area contributed by atoms with Gasteiger partial charge in [0.05, 0.1) is 11.0 Å². The highest BCUT2D eigenvalue weighted by Crippen LogP contribution is 2.16. The van der Waals surface area contributed by atoms with E-state index in [9.17, 15) is 24.8 Å². The zero-order valence-corrected chi connectivity index (χ0v) is 11.2. The van der Waals surface area contributed by atoms with Gasteiger partial charge in [0.2, 0.25) is 0 Å². The summed E-state index contributed by atoms with van der Waals surface area (Å²) in [4.78, 5) is 35.1. The summed E-state index contributed by atoms with van der Waals surface area (Å²) in [6.07, 6.45) is 0.486. The Morgan fingerprint density at radius 1 is 1.24 bits per heavy atom. The van der Waals surface area contributed by atoms with Gasteiger partial charge in [0, 0.05) is 30.9 Å². The number of likely N-dealkylation sites (tertiary alicyclic amines) is 1. The van der Waals surface area contributed by atoms with E-state index in [1.54, 1.807) is 0 Å². The van der Waals surface area contributed by atoms with Crippen molar-refractivity contribution in [3.63, 3.8) is 0 Å². The van der Waals surface area contributed by atoms with Crippen molar-refractivity contribution in [1.29, 1.82) is 0 Å². The third-order valence-electron chi connectivity index (χ3n) is 3.28. The molecule has 0 spiro atoms. The van der Waals surface area contributed by atoms with E-state index in [-0.39, 0.29) is 5.69 Å². The molecule has 1 aromatic carbocycles. The molecule has 0 aliphatic carbocycles. The molecule has 1 aromatic rings. The van der Waals surface area contributed by atoms with Crippen LogP contribution in [0.15, 0.2) is 24.3 Å². The van der Waals surface area contributed by atoms with Crippen molar-refractivity contribution in [2.24, 2.45) is 0 Å². The van der Waals surface area contributed by atoms with Crippen molar-refractivity contribution in [3.05, 3.63) is 34.4 Å². The highest BCUT2D eigenvalue weighted by Gasteiger charge is 2.26. The van der Waals surface area contributed by atoms with Crippen LogP contribution >= 0.6 is 0 Å². The molecule has 8 heteroatoms. The largest absolute Gasteiger partial charge is 0.393 e. The molecule has 1 fully saturated rings. The Labute approximate surface area is 120 Å². The van der Waals surface area contributed by atoms with Gasteiger partial charge in [0.15, 0.2) is 0 Å². The standard InChI is InChI=1S/C13H15N3O5/c17-11-5-7-15(8-6-11)13(19)12(18)14-9-1-3-10(4-2-9)16(20)21/h1-4,11,17H,5-8H2,(H,14,18). The second kappa shape index (κ2) is 6.31. The summed E-state index contributed by atoms with van der Waals surface area (Å²) in [5, 5.41) is 22.3. The summed E-state index contributed by atoms with van der Waals surface area (Å²) in [7, 11) is 0. The van der Waals surface area contributed by atoms with Gasteiger partial charge in [-0.3, -0.25) is 19.7 Å². The van der Waals surface area contributed by atoms with Gasteiger partial charge in [0.25, 0.3) is 5.69 Å². The molecule has 0 unspecified atom stereocenters. The SMILES string of the molecule is O=C(Nc1ccc([N+](=O)[O-])cc1)C(=O)N1CCC(O)CC1. The van der Waals surface area contributed by atoms with Crippen LogP contribution in [0.4, 0.5) is 11.4 Å². The molecule has 0 bridgehead atoms. The Hall–Kier alpha value is -2.48. The minimum atomic E-state index is -0.791. The molecular formula is C13H15N3O5. The summed E-state index contributed by atoms with van der Waals surface area (Å²) >= 11 is 0. The minimum Gasteiger partial charge on any atom is -0.393 e. The van der Waals surface area contributed by atoms with E-state index in [0.717, 1.165) is 0 Å². The average Bonchev–Trinajstić information content (AvgIpc) is 2.47. The maximum absolute atomic E-state index is 11.9. The van der Waals surface area contributed by atoms with E-state index in [4.69, 9.17) is 0 Å². The molecule has 21 heavy (non-hydrogen) atoms. The average molecular weight is 293 g/mol. The Balaban J connectivity index is 1.94. The first-order valence-corrected chi connectivity index (χ1v) is 6.50. The second-order valence-corrected chi connectivity index (χ2v) is 4.78. The summed E-state index contributed by atoms with van der Waals surface area (Å²) < 4.78 is 0. The normalized spacial score (nSPS) is 15.6. The zero-order chi connectivity index (χ0) is 15.4. The zero-order valence-electron chi connectivity index (χ0n) is 11.2. The predicted octanol–water partition coefficient (Wildman–Crippen LogP) is 0.517. The quantitative estimate of drug-likeness (QED) is 0.469. The smallest absolute Gasteiger partial charge is 0.313 e. The number of nitro groups is 1. The maximum Gasteiger partial charge on any atom is 0.313 e. The van der Waals surface area contributed by atoms with Crippen LogP contribution < -0.4 is 5.32 Å². The first kappa shape index (κ1) is 14.9. The van der Waals surface area contributed by atoms with Gasteiger partial charge in [0.1, 0.15) is 0 Å². The van der Waals surface area contributed by atoms with Gasteiger partial charge in [-0.25, -0.2) is 0 Å². The predicted molar refractivity (Wildman–Crippen MR) is 73.5 cm³/mol. The third-order valence-corrected chi connectivity index (χ3v) is 3.28. The molecule has 112 valence electrons. The van der Waals surface area contributed by atoms with Crippen molar-refractivity contribution < 1.29 is 19.6 Å². The Bertz CT molecular complexity index is 549. The number of rotatable bonds is 2. The first-order valence-electron chi connectivity index (χ1n) is 6.50. The fourth-order valence-corrected chi connectivity index (χ4v) is 2.06. The first-order chi connectivity index (χ1) is 9.97. The molecule has 2 N–H and O–H groups in total. The number of hydrogen-bond donors (Lipinski definition) is 2. The van der Waals surface area contributed by atoms with Crippen molar-refractivity contribution in [1.82, 2.24) is 4.90 Å². The van der Waals surface area contributed by atoms with Gasteiger partial charge in [-0.2, -0.15) is 0 Å². The summed E-state index contributed by atoms with van der Waals surface area (Å²) in [5.74, 6) is -1.46. The van der Waals surface area contributed by atoms with Crippen LogP contribution in [0.25, 0.3) is 0 Å². The van der Waals surface area contributed by atoms with Crippen LogP contribution in [0, 0.1) is 10.1 Å². The number of benzene rings is 1. The second-order valence-electron chi connectivity index (χ2n) is 4.78. The fraction of sp³-hybridized carbons (Fsp3) is 0.385. The highest BCUT2D eigenvalue weighted by molar-refractivity contribution is 6.39. The minimum absolute atomic E-state index is 0.0932. The lowest BCUT2D eigenvalue weighted by Crippen LogP contribution is -2.45. The van der Waals surface area contributed by atoms with E-state index >= 15 is 0 Å². The number of hydrogen-bond acceptors (Lipinski definition) is 5. The van der Waals surface area contributed by atoms with Gasteiger partial charge in [-0.05, 0) is 25.0 Å². The molecule has 0 saturated carbocycles. The van der Waals surface area contributed by atoms with E-state index in [0.29, 0.717) is 31.6 Å². The summed E-state index contributed by atoms with van der Waals surface area (Å²) in [6.45, 7) is 0.682. The van der Waals surface area contributed by atoms with Gasteiger partial charge in [-0.15, -0.1) is 0 Å². The number of non-ortho nitro benzene ring substituents is 1. The molecule has 1 heterocycles. The molecule has 8 nitrogen and oxygen atoms in total. The number of aliphatic hydroxyl groups excluding tert-OH is 1. The highest BCUT2D eigenvalue weighted by atomic mass is 16.6. The monoisotopic (exact) mass is 293 g/mol. The van der Waals surface area contributed by atoms with Gasteiger partial charge < -0.3 is 15.3 Å². The number of anilines is 1. The Morgan fingerprint density at radius 2 is 1.81 bits per heavy atom. The molecule has 0 atom stereocenters. The molecule has 1 saturated heterocycles. The van der Waals surface area contributed by atoms with Gasteiger partial charge in [-0.1, -0.05) is 0 Å². The van der Waals surface area contributed by atoms with Crippen LogP contribution in [-0.4, -0.2) is 45.9 Å². The van der Waals surface area contributed by atoms with Crippen LogP contribution in [-0.2, 0) is 9.59 Å². The van der Waals surface area contributed by atoms with E-state index in [1.165, 1.54) is 29.2 Å². The molecular weight excluding hydrogens is 278 g/mol. The maximum atomic E-state index is 11.9. The third kappa shape index (κ3) is 3.76. The van der Waals surface area contributed by atoms with Crippen molar-refractivity contribution in [2.45, 2.75) is 18.9 Å². The van der Waals surface area contributed by atoms with Crippen molar-refractivity contribution >= 4 is 23.2 Å². The topological polar surface area (TPSA) is 113 Å². The van der Waals surface area contributed by atoms with E-state index in [1.807, 2.05) is 0 Å². The molecule has 1 aliphatic rings. The number of nitrogens with zero attached hydrogens (tertiary/aromatic N) is 2.